The number of ether oxygens (including phenoxy) is 2. The van der Waals surface area contributed by atoms with Gasteiger partial charge in [-0.05, 0) is 47.9 Å². The van der Waals surface area contributed by atoms with E-state index in [1.165, 1.54) is 11.3 Å². The second-order valence-corrected chi connectivity index (χ2v) is 8.85. The van der Waals surface area contributed by atoms with Gasteiger partial charge >= 0.3 is 0 Å². The van der Waals surface area contributed by atoms with Crippen LogP contribution in [0.5, 0.6) is 11.5 Å². The molecule has 5 heteroatoms. The molecule has 31 heavy (non-hydrogen) atoms. The highest BCUT2D eigenvalue weighted by atomic mass is 16.5. The minimum absolute atomic E-state index is 0.0721. The van der Waals surface area contributed by atoms with Gasteiger partial charge in [0.15, 0.2) is 11.5 Å². The first-order valence-electron chi connectivity index (χ1n) is 10.6. The van der Waals surface area contributed by atoms with Gasteiger partial charge in [-0.15, -0.1) is 0 Å². The van der Waals surface area contributed by atoms with E-state index in [0.29, 0.717) is 31.1 Å². The van der Waals surface area contributed by atoms with Gasteiger partial charge in [0.2, 0.25) is 5.91 Å². The lowest BCUT2D eigenvalue weighted by molar-refractivity contribution is -0.124. The fourth-order valence-corrected chi connectivity index (χ4v) is 4.64. The van der Waals surface area contributed by atoms with E-state index in [0.717, 1.165) is 11.1 Å². The van der Waals surface area contributed by atoms with Crippen LogP contribution >= 0.6 is 0 Å². The molecule has 1 N–H and O–H groups in total. The van der Waals surface area contributed by atoms with Gasteiger partial charge in [0.25, 0.3) is 0 Å². The molecular weight excluding hydrogens is 388 g/mol. The van der Waals surface area contributed by atoms with Crippen LogP contribution in [0.1, 0.15) is 38.3 Å². The molecule has 2 heterocycles. The molecule has 0 unspecified atom stereocenters. The minimum atomic E-state index is -0.631. The standard InChI is InChI=1S/C26H30N2O3/c1-18(2)17-31-22-11-10-19(16-23(22)30-5)12-14-26-25(3,4)20-8-6-7-9-21(20)28(26)15-13-24(29)27-26/h6-12,14,16H,1,13,15,17H2,2-5H3,(H,27,29)/b14-12+/t26-/m1/s1. The summed E-state index contributed by atoms with van der Waals surface area (Å²) in [5.41, 5.74) is 3.40. The number of rotatable bonds is 6. The van der Waals surface area contributed by atoms with E-state index in [1.54, 1.807) is 7.11 Å². The van der Waals surface area contributed by atoms with Crippen molar-refractivity contribution in [2.24, 2.45) is 0 Å². The Morgan fingerprint density at radius 3 is 2.74 bits per heavy atom. The Kier molecular flexibility index (Phi) is 5.29. The van der Waals surface area contributed by atoms with Crippen LogP contribution < -0.4 is 19.7 Å². The fraction of sp³-hybridized carbons (Fsp3) is 0.346. The van der Waals surface area contributed by atoms with Crippen molar-refractivity contribution in [3.8, 4) is 11.5 Å². The van der Waals surface area contributed by atoms with Gasteiger partial charge in [-0.3, -0.25) is 4.79 Å². The van der Waals surface area contributed by atoms with Crippen molar-refractivity contribution in [3.05, 3.63) is 71.8 Å². The number of fused-ring (bicyclic) bond motifs is 3. The zero-order chi connectivity index (χ0) is 22.2. The third kappa shape index (κ3) is 3.48. The Morgan fingerprint density at radius 1 is 1.23 bits per heavy atom. The van der Waals surface area contributed by atoms with E-state index >= 15 is 0 Å². The Hall–Kier alpha value is -3.21. The van der Waals surface area contributed by atoms with Crippen molar-refractivity contribution in [3.63, 3.8) is 0 Å². The maximum Gasteiger partial charge on any atom is 0.223 e. The van der Waals surface area contributed by atoms with Gasteiger partial charge in [0.1, 0.15) is 12.3 Å². The maximum absolute atomic E-state index is 12.5. The second-order valence-electron chi connectivity index (χ2n) is 8.85. The molecule has 0 aromatic heterocycles. The average Bonchev–Trinajstić information content (AvgIpc) is 2.95. The first-order valence-corrected chi connectivity index (χ1v) is 10.6. The predicted octanol–water partition coefficient (Wildman–Crippen LogP) is 4.68. The van der Waals surface area contributed by atoms with Gasteiger partial charge in [0, 0.05) is 24.1 Å². The monoisotopic (exact) mass is 418 g/mol. The van der Waals surface area contributed by atoms with E-state index in [4.69, 9.17) is 9.47 Å². The first kappa shape index (κ1) is 21.0. The molecule has 2 aromatic rings. The molecule has 2 aliphatic heterocycles. The zero-order valence-electron chi connectivity index (χ0n) is 18.7. The van der Waals surface area contributed by atoms with E-state index < -0.39 is 5.66 Å². The Morgan fingerprint density at radius 2 is 2.00 bits per heavy atom. The number of hydrogen-bond donors (Lipinski definition) is 1. The van der Waals surface area contributed by atoms with Crippen molar-refractivity contribution in [2.75, 3.05) is 25.2 Å². The second kappa shape index (κ2) is 7.80. The molecule has 1 saturated heterocycles. The van der Waals surface area contributed by atoms with Gasteiger partial charge in [-0.25, -0.2) is 0 Å². The number of amides is 1. The van der Waals surface area contributed by atoms with Gasteiger partial charge < -0.3 is 19.7 Å². The zero-order valence-corrected chi connectivity index (χ0v) is 18.7. The van der Waals surface area contributed by atoms with Crippen LogP contribution in [0.4, 0.5) is 5.69 Å². The van der Waals surface area contributed by atoms with E-state index in [2.05, 4.69) is 67.1 Å². The van der Waals surface area contributed by atoms with Crippen LogP contribution in [0.15, 0.2) is 60.7 Å². The van der Waals surface area contributed by atoms with Crippen molar-refractivity contribution in [2.45, 2.75) is 38.3 Å². The Labute approximate surface area is 184 Å². The highest BCUT2D eigenvalue weighted by molar-refractivity contribution is 5.84. The van der Waals surface area contributed by atoms with Gasteiger partial charge in [0.05, 0.1) is 7.11 Å². The number of benzene rings is 2. The summed E-state index contributed by atoms with van der Waals surface area (Å²) in [6.07, 6.45) is 4.66. The number of anilines is 1. The van der Waals surface area contributed by atoms with Crippen molar-refractivity contribution in [1.82, 2.24) is 5.32 Å². The van der Waals surface area contributed by atoms with E-state index in [-0.39, 0.29) is 11.3 Å². The quantitative estimate of drug-likeness (QED) is 0.692. The minimum Gasteiger partial charge on any atom is -0.493 e. The number of nitrogens with zero attached hydrogens (tertiary/aromatic N) is 1. The molecule has 1 atom stereocenters. The van der Waals surface area contributed by atoms with Crippen LogP contribution in [0.25, 0.3) is 6.08 Å². The van der Waals surface area contributed by atoms with Gasteiger partial charge in [-0.2, -0.15) is 0 Å². The number of carbonyl (C=O) groups excluding carboxylic acids is 1. The summed E-state index contributed by atoms with van der Waals surface area (Å²) in [5.74, 6) is 1.42. The molecule has 2 aromatic carbocycles. The molecule has 0 aliphatic carbocycles. The molecule has 4 rings (SSSR count). The summed E-state index contributed by atoms with van der Waals surface area (Å²) in [6, 6.07) is 14.3. The molecule has 1 amide bonds. The number of para-hydroxylation sites is 1. The largest absolute Gasteiger partial charge is 0.493 e. The summed E-state index contributed by atoms with van der Waals surface area (Å²) in [7, 11) is 1.63. The first-order chi connectivity index (χ1) is 14.8. The molecule has 0 radical (unpaired) electrons. The number of hydrogen-bond acceptors (Lipinski definition) is 4. The van der Waals surface area contributed by atoms with Crippen LogP contribution in [0.2, 0.25) is 0 Å². The SMILES string of the molecule is C=C(C)COc1ccc(/C=C/[C@@]23NC(=O)CCN2c2ccccc2C3(C)C)cc1OC. The van der Waals surface area contributed by atoms with Crippen molar-refractivity contribution in [1.29, 1.82) is 0 Å². The highest BCUT2D eigenvalue weighted by Gasteiger charge is 2.57. The summed E-state index contributed by atoms with van der Waals surface area (Å²) in [4.78, 5) is 14.8. The molecule has 0 saturated carbocycles. The topological polar surface area (TPSA) is 50.8 Å². The van der Waals surface area contributed by atoms with Crippen LogP contribution in [-0.2, 0) is 10.2 Å². The van der Waals surface area contributed by atoms with Crippen LogP contribution in [0, 0.1) is 0 Å². The summed E-state index contributed by atoms with van der Waals surface area (Å²) in [6.45, 7) is 11.3. The number of nitrogens with one attached hydrogen (secondary N) is 1. The third-order valence-electron chi connectivity index (χ3n) is 6.32. The molecule has 162 valence electrons. The Balaban J connectivity index is 1.71. The number of methoxy groups -OCH3 is 1. The number of carbonyl (C=O) groups is 1. The Bertz CT molecular complexity index is 1060. The predicted molar refractivity (Wildman–Crippen MR) is 125 cm³/mol. The van der Waals surface area contributed by atoms with Gasteiger partial charge in [-0.1, -0.05) is 50.8 Å². The summed E-state index contributed by atoms with van der Waals surface area (Å²) < 4.78 is 11.3. The molecule has 1 fully saturated rings. The van der Waals surface area contributed by atoms with Crippen molar-refractivity contribution < 1.29 is 14.3 Å². The lowest BCUT2D eigenvalue weighted by atomic mass is 9.74. The van der Waals surface area contributed by atoms with Crippen molar-refractivity contribution >= 4 is 17.7 Å². The van der Waals surface area contributed by atoms with E-state index in [9.17, 15) is 4.79 Å². The lowest BCUT2D eigenvalue weighted by Gasteiger charge is -2.49. The van der Waals surface area contributed by atoms with Crippen LogP contribution in [0.3, 0.4) is 0 Å². The molecular formula is C26H30N2O3. The highest BCUT2D eigenvalue weighted by Crippen LogP contribution is 2.52. The third-order valence-corrected chi connectivity index (χ3v) is 6.32. The molecule has 0 bridgehead atoms. The normalized spacial score (nSPS) is 21.4. The lowest BCUT2D eigenvalue weighted by Crippen LogP contribution is -2.68. The average molecular weight is 419 g/mol. The maximum atomic E-state index is 12.5. The molecule has 0 spiro atoms. The molecule has 5 nitrogen and oxygen atoms in total. The van der Waals surface area contributed by atoms with E-state index in [1.807, 2.05) is 25.1 Å². The molecule has 2 aliphatic rings. The summed E-state index contributed by atoms with van der Waals surface area (Å²) >= 11 is 0. The fourth-order valence-electron chi connectivity index (χ4n) is 4.64. The van der Waals surface area contributed by atoms with Crippen LogP contribution in [-0.4, -0.2) is 31.8 Å². The smallest absolute Gasteiger partial charge is 0.223 e. The summed E-state index contributed by atoms with van der Waals surface area (Å²) in [5, 5.41) is 3.31.